The predicted molar refractivity (Wildman–Crippen MR) is 329 cm³/mol. The molecule has 446 valence electrons. The second-order valence-corrected chi connectivity index (χ2v) is 23.9. The van der Waals surface area contributed by atoms with E-state index in [2.05, 4.69) is 31.3 Å². The van der Waals surface area contributed by atoms with E-state index in [9.17, 15) is 19.8 Å². The Morgan fingerprint density at radius 3 is 0.973 bits per heavy atom. The first kappa shape index (κ1) is 73.6. The van der Waals surface area contributed by atoms with Crippen LogP contribution in [0.3, 0.4) is 0 Å². The third-order valence-corrected chi connectivity index (χ3v) is 16.3. The van der Waals surface area contributed by atoms with Crippen molar-refractivity contribution in [1.29, 1.82) is 0 Å². The number of amides is 1. The highest BCUT2D eigenvalue weighted by Gasteiger charge is 2.20. The number of hydrogen-bond donors (Lipinski definition) is 3. The number of rotatable bonds is 65. The van der Waals surface area contributed by atoms with Gasteiger partial charge >= 0.3 is 5.97 Å². The van der Waals surface area contributed by atoms with Gasteiger partial charge in [-0.2, -0.15) is 0 Å². The summed E-state index contributed by atoms with van der Waals surface area (Å²) in [5.74, 6) is -0.0168. The van der Waals surface area contributed by atoms with Gasteiger partial charge in [-0.1, -0.05) is 341 Å². The fraction of sp³-hybridized carbons (Fsp3) is 0.942. The first-order valence-corrected chi connectivity index (χ1v) is 34.4. The summed E-state index contributed by atoms with van der Waals surface area (Å²) in [6, 6.07) is -0.538. The molecule has 0 fully saturated rings. The van der Waals surface area contributed by atoms with Gasteiger partial charge in [-0.05, 0) is 51.4 Å². The second-order valence-electron chi connectivity index (χ2n) is 23.9. The van der Waals surface area contributed by atoms with Crippen LogP contribution in [-0.4, -0.2) is 47.4 Å². The van der Waals surface area contributed by atoms with Crippen molar-refractivity contribution in [2.45, 2.75) is 405 Å². The fourth-order valence-electron chi connectivity index (χ4n) is 11.1. The molecule has 0 aromatic heterocycles. The molecule has 0 bridgehead atoms. The molecule has 75 heavy (non-hydrogen) atoms. The molecule has 6 nitrogen and oxygen atoms in total. The van der Waals surface area contributed by atoms with Gasteiger partial charge in [0.1, 0.15) is 0 Å². The van der Waals surface area contributed by atoms with Crippen molar-refractivity contribution in [2.24, 2.45) is 0 Å². The Morgan fingerprint density at radius 2 is 0.627 bits per heavy atom. The summed E-state index contributed by atoms with van der Waals surface area (Å²) in [6.07, 6.45) is 79.7. The molecule has 0 aromatic carbocycles. The number of aliphatic hydroxyl groups is 2. The van der Waals surface area contributed by atoms with Gasteiger partial charge in [0.15, 0.2) is 0 Å². The van der Waals surface area contributed by atoms with E-state index in [0.29, 0.717) is 25.9 Å². The van der Waals surface area contributed by atoms with Crippen LogP contribution in [0.15, 0.2) is 12.2 Å². The molecule has 0 saturated heterocycles. The van der Waals surface area contributed by atoms with Crippen molar-refractivity contribution >= 4 is 11.9 Å². The number of nitrogens with one attached hydrogen (secondary N) is 1. The summed E-state index contributed by atoms with van der Waals surface area (Å²) in [5, 5.41) is 23.3. The molecule has 0 aliphatic heterocycles. The van der Waals surface area contributed by atoms with Crippen LogP contribution in [0.4, 0.5) is 0 Å². The third kappa shape index (κ3) is 61.7. The van der Waals surface area contributed by atoms with E-state index in [1.54, 1.807) is 0 Å². The molecular weight excluding hydrogens is 923 g/mol. The summed E-state index contributed by atoms with van der Waals surface area (Å²) in [6.45, 7) is 4.96. The van der Waals surface area contributed by atoms with Crippen LogP contribution in [0.25, 0.3) is 0 Å². The van der Waals surface area contributed by atoms with Crippen LogP contribution >= 0.6 is 0 Å². The molecule has 1 amide bonds. The summed E-state index contributed by atoms with van der Waals surface area (Å²) in [4.78, 5) is 24.5. The van der Waals surface area contributed by atoms with Crippen LogP contribution in [0, 0.1) is 0 Å². The largest absolute Gasteiger partial charge is 0.466 e. The highest BCUT2D eigenvalue weighted by atomic mass is 16.5. The highest BCUT2D eigenvalue weighted by molar-refractivity contribution is 5.76. The quantitative estimate of drug-likeness (QED) is 0.0320. The van der Waals surface area contributed by atoms with Crippen LogP contribution < -0.4 is 5.32 Å². The van der Waals surface area contributed by atoms with Crippen LogP contribution in [0.5, 0.6) is 0 Å². The maximum absolute atomic E-state index is 12.5. The van der Waals surface area contributed by atoms with Gasteiger partial charge in [-0.15, -0.1) is 0 Å². The molecule has 3 N–H and O–H groups in total. The lowest BCUT2D eigenvalue weighted by molar-refractivity contribution is -0.143. The zero-order valence-corrected chi connectivity index (χ0v) is 51.1. The number of carbonyl (C=O) groups excluding carboxylic acids is 2. The molecule has 0 rings (SSSR count). The topological polar surface area (TPSA) is 95.9 Å². The van der Waals surface area contributed by atoms with Crippen LogP contribution in [0.2, 0.25) is 0 Å². The Morgan fingerprint density at radius 1 is 0.360 bits per heavy atom. The normalized spacial score (nSPS) is 12.5. The Balaban J connectivity index is 3.32. The minimum absolute atomic E-state index is 0.0107. The highest BCUT2D eigenvalue weighted by Crippen LogP contribution is 2.19. The predicted octanol–water partition coefficient (Wildman–Crippen LogP) is 22.0. The number of aliphatic hydroxyl groups excluding tert-OH is 2. The Hall–Kier alpha value is -1.40. The molecule has 0 radical (unpaired) electrons. The van der Waals surface area contributed by atoms with Gasteiger partial charge in [0.25, 0.3) is 0 Å². The zero-order valence-electron chi connectivity index (χ0n) is 51.1. The van der Waals surface area contributed by atoms with E-state index < -0.39 is 12.1 Å². The van der Waals surface area contributed by atoms with E-state index in [1.165, 1.54) is 315 Å². The average molecular weight is 1060 g/mol. The molecule has 2 atom stereocenters. The third-order valence-electron chi connectivity index (χ3n) is 16.3. The fourth-order valence-corrected chi connectivity index (χ4v) is 11.1. The van der Waals surface area contributed by atoms with E-state index >= 15 is 0 Å². The molecule has 0 aliphatic rings. The van der Waals surface area contributed by atoms with E-state index in [1.807, 2.05) is 0 Å². The smallest absolute Gasteiger partial charge is 0.305 e. The SMILES string of the molecule is CCCCC/C=C\CCCCCCCC(=O)OCCCCCCCCCCCCCCCCCCCCCCCCCCCCCCCCC(=O)NC(CO)C(O)CCCCCCCCCCCCCCCCCC. The molecule has 6 heteroatoms. The van der Waals surface area contributed by atoms with Gasteiger partial charge in [0.05, 0.1) is 25.4 Å². The van der Waals surface area contributed by atoms with Crippen LogP contribution in [0.1, 0.15) is 393 Å². The van der Waals surface area contributed by atoms with Crippen molar-refractivity contribution in [2.75, 3.05) is 13.2 Å². The number of carbonyl (C=O) groups is 2. The molecular formula is C69H135NO5. The lowest BCUT2D eigenvalue weighted by Crippen LogP contribution is -2.45. The van der Waals surface area contributed by atoms with Crippen molar-refractivity contribution < 1.29 is 24.5 Å². The lowest BCUT2D eigenvalue weighted by atomic mass is 10.0. The van der Waals surface area contributed by atoms with Gasteiger partial charge in [0, 0.05) is 12.8 Å². The van der Waals surface area contributed by atoms with E-state index in [-0.39, 0.29) is 18.5 Å². The first-order valence-electron chi connectivity index (χ1n) is 34.4. The molecule has 0 heterocycles. The minimum atomic E-state index is -0.661. The molecule has 0 aliphatic carbocycles. The average Bonchev–Trinajstić information content (AvgIpc) is 3.41. The maximum atomic E-state index is 12.5. The summed E-state index contributed by atoms with van der Waals surface area (Å²) < 4.78 is 5.48. The summed E-state index contributed by atoms with van der Waals surface area (Å²) in [5.41, 5.74) is 0. The Labute approximate surface area is 469 Å². The second kappa shape index (κ2) is 65.1. The first-order chi connectivity index (χ1) is 37.0. The number of hydrogen-bond acceptors (Lipinski definition) is 5. The van der Waals surface area contributed by atoms with Gasteiger partial charge < -0.3 is 20.3 Å². The monoisotopic (exact) mass is 1060 g/mol. The number of unbranched alkanes of at least 4 members (excludes halogenated alkanes) is 52. The standard InChI is InChI=1S/C69H135NO5/c1-3-5-7-9-11-13-15-17-18-35-38-41-45-49-53-57-61-67(72)66(65-71)70-68(73)62-58-54-50-46-42-39-36-33-31-29-27-25-23-21-19-20-22-24-26-28-30-32-34-37-40-44-48-52-56-60-64-75-69(74)63-59-55-51-47-43-16-14-12-10-8-6-4-2/h12,14,66-67,71-72H,3-11,13,15-65H2,1-2H3,(H,70,73)/b14-12-. The minimum Gasteiger partial charge on any atom is -0.466 e. The Bertz CT molecular complexity index is 1130. The zero-order chi connectivity index (χ0) is 54.3. The maximum Gasteiger partial charge on any atom is 0.305 e. The number of allylic oxidation sites excluding steroid dienone is 2. The molecule has 0 saturated carbocycles. The number of esters is 1. The van der Waals surface area contributed by atoms with E-state index in [0.717, 1.165) is 44.9 Å². The summed E-state index contributed by atoms with van der Waals surface area (Å²) >= 11 is 0. The van der Waals surface area contributed by atoms with Crippen molar-refractivity contribution in [3.05, 3.63) is 12.2 Å². The van der Waals surface area contributed by atoms with Gasteiger partial charge in [-0.3, -0.25) is 9.59 Å². The molecule has 0 spiro atoms. The van der Waals surface area contributed by atoms with E-state index in [4.69, 9.17) is 4.74 Å². The molecule has 2 unspecified atom stereocenters. The van der Waals surface area contributed by atoms with Crippen molar-refractivity contribution in [3.8, 4) is 0 Å². The Kier molecular flexibility index (Phi) is 63.9. The lowest BCUT2D eigenvalue weighted by Gasteiger charge is -2.22. The number of ether oxygens (including phenoxy) is 1. The van der Waals surface area contributed by atoms with Gasteiger partial charge in [-0.25, -0.2) is 0 Å². The van der Waals surface area contributed by atoms with Gasteiger partial charge in [0.2, 0.25) is 5.91 Å². The van der Waals surface area contributed by atoms with Crippen LogP contribution in [-0.2, 0) is 14.3 Å². The van der Waals surface area contributed by atoms with Crippen molar-refractivity contribution in [1.82, 2.24) is 5.32 Å². The van der Waals surface area contributed by atoms with Crippen molar-refractivity contribution in [3.63, 3.8) is 0 Å². The molecule has 0 aromatic rings. The summed E-state index contributed by atoms with van der Waals surface area (Å²) in [7, 11) is 0.